The quantitative estimate of drug-likeness (QED) is 0.555. The van der Waals surface area contributed by atoms with Crippen LogP contribution in [0.25, 0.3) is 0 Å². The number of nitrogens with zero attached hydrogens (tertiary/aromatic N) is 3. The number of amides is 2. The van der Waals surface area contributed by atoms with Gasteiger partial charge in [0.05, 0.1) is 40.1 Å². The molecule has 154 valence electrons. The largest absolute Gasteiger partial charge is 0.360 e. The second-order valence-corrected chi connectivity index (χ2v) is 9.75. The molecule has 4 aliphatic heterocycles. The van der Waals surface area contributed by atoms with Crippen molar-refractivity contribution in [2.45, 2.75) is 44.3 Å². The van der Waals surface area contributed by atoms with Gasteiger partial charge >= 0.3 is 0 Å². The van der Waals surface area contributed by atoms with Crippen LogP contribution in [0.2, 0.25) is 0 Å². The molecule has 2 bridgehead atoms. The van der Waals surface area contributed by atoms with E-state index in [0.717, 1.165) is 28.4 Å². The minimum absolute atomic E-state index is 0.0140. The first-order valence-electron chi connectivity index (χ1n) is 10.2. The summed E-state index contributed by atoms with van der Waals surface area (Å²) >= 11 is 1.49. The van der Waals surface area contributed by atoms with Gasteiger partial charge in [-0.15, -0.1) is 11.3 Å². The first-order valence-corrected chi connectivity index (χ1v) is 11.0. The number of Topliss-reactive ketones (excluding diaryl/α,β-unsaturated/α-hetero) is 1. The predicted octanol–water partition coefficient (Wildman–Crippen LogP) is 1.77. The molecule has 4 aliphatic rings. The molecule has 5 heterocycles. The van der Waals surface area contributed by atoms with E-state index in [-0.39, 0.29) is 29.6 Å². The van der Waals surface area contributed by atoms with Crippen LogP contribution < -0.4 is 0 Å². The van der Waals surface area contributed by atoms with Crippen LogP contribution in [0.1, 0.15) is 46.1 Å². The van der Waals surface area contributed by atoms with Gasteiger partial charge < -0.3 is 14.5 Å². The molecular weight excluding hydrogens is 390 g/mol. The van der Waals surface area contributed by atoms with Gasteiger partial charge in [-0.3, -0.25) is 14.4 Å². The summed E-state index contributed by atoms with van der Waals surface area (Å²) in [6.45, 7) is 5.27. The lowest BCUT2D eigenvalue weighted by molar-refractivity contribution is -0.143. The molecule has 0 radical (unpaired) electrons. The zero-order valence-corrected chi connectivity index (χ0v) is 17.7. The summed E-state index contributed by atoms with van der Waals surface area (Å²) < 4.78 is 6.12. The Morgan fingerprint density at radius 3 is 2.69 bits per heavy atom. The summed E-state index contributed by atoms with van der Waals surface area (Å²) in [7, 11) is 1.78. The molecule has 0 unspecified atom stereocenters. The first kappa shape index (κ1) is 18.9. The number of hydrogen-bond acceptors (Lipinski definition) is 6. The van der Waals surface area contributed by atoms with E-state index in [4.69, 9.17) is 4.74 Å². The van der Waals surface area contributed by atoms with Gasteiger partial charge in [-0.05, 0) is 19.8 Å². The van der Waals surface area contributed by atoms with Crippen LogP contribution in [0.3, 0.4) is 0 Å². The van der Waals surface area contributed by atoms with Gasteiger partial charge in [0.25, 0.3) is 0 Å². The number of carbonyl (C=O) groups excluding carboxylic acids is 3. The summed E-state index contributed by atoms with van der Waals surface area (Å²) in [6, 6.07) is 0. The molecule has 5 rings (SSSR count). The lowest BCUT2D eigenvalue weighted by Crippen LogP contribution is -2.48. The number of carbonyl (C=O) groups is 3. The van der Waals surface area contributed by atoms with E-state index in [0.29, 0.717) is 19.6 Å². The molecule has 3 fully saturated rings. The Labute approximate surface area is 173 Å². The summed E-state index contributed by atoms with van der Waals surface area (Å²) in [5.41, 5.74) is 0.188. The molecule has 0 N–H and O–H groups in total. The van der Waals surface area contributed by atoms with E-state index in [1.54, 1.807) is 18.9 Å². The number of hydrogen-bond donors (Lipinski definition) is 0. The van der Waals surface area contributed by atoms with Gasteiger partial charge in [-0.1, -0.05) is 12.2 Å². The van der Waals surface area contributed by atoms with E-state index in [1.165, 1.54) is 11.3 Å². The Morgan fingerprint density at radius 1 is 1.31 bits per heavy atom. The summed E-state index contributed by atoms with van der Waals surface area (Å²) in [6.07, 6.45) is 5.31. The molecular formula is C21H25N3O4S. The number of aryl methyl sites for hydroxylation is 1. The second-order valence-electron chi connectivity index (χ2n) is 8.72. The number of fused-ring (bicyclic) bond motifs is 1. The predicted molar refractivity (Wildman–Crippen MR) is 107 cm³/mol. The van der Waals surface area contributed by atoms with Crippen LogP contribution in [-0.4, -0.2) is 70.8 Å². The topological polar surface area (TPSA) is 79.8 Å². The van der Waals surface area contributed by atoms with Crippen LogP contribution in [-0.2, 0) is 14.3 Å². The SMILES string of the molecule is CC(=O)c1sc(C2CCN(C(=O)[C@H]3[C@H]4C(=O)N(C)C[C@]45C=C[C@H]3O5)CC2)nc1C. The number of ether oxygens (including phenoxy) is 1. The third kappa shape index (κ3) is 2.72. The minimum atomic E-state index is -0.614. The Kier molecular flexibility index (Phi) is 4.22. The Morgan fingerprint density at radius 2 is 2.03 bits per heavy atom. The molecule has 0 aromatic carbocycles. The molecule has 4 atom stereocenters. The number of aromatic nitrogens is 1. The van der Waals surface area contributed by atoms with Crippen LogP contribution in [0.15, 0.2) is 12.2 Å². The maximum absolute atomic E-state index is 13.4. The van der Waals surface area contributed by atoms with Crippen LogP contribution in [0.4, 0.5) is 0 Å². The number of likely N-dealkylation sites (tertiary alicyclic amines) is 2. The Hall–Kier alpha value is -2.06. The van der Waals surface area contributed by atoms with Crippen LogP contribution >= 0.6 is 11.3 Å². The normalized spacial score (nSPS) is 33.6. The summed E-state index contributed by atoms with van der Waals surface area (Å²) in [4.78, 5) is 46.7. The van der Waals surface area contributed by atoms with Crippen molar-refractivity contribution in [3.8, 4) is 0 Å². The zero-order valence-electron chi connectivity index (χ0n) is 16.9. The van der Waals surface area contributed by atoms with E-state index in [1.807, 2.05) is 24.0 Å². The fourth-order valence-corrected chi connectivity index (χ4v) is 6.58. The molecule has 0 aliphatic carbocycles. The molecule has 3 saturated heterocycles. The maximum Gasteiger partial charge on any atom is 0.229 e. The van der Waals surface area contributed by atoms with E-state index >= 15 is 0 Å². The number of piperidine rings is 1. The van der Waals surface area contributed by atoms with Crippen molar-refractivity contribution in [2.24, 2.45) is 11.8 Å². The van der Waals surface area contributed by atoms with Gasteiger partial charge in [0.2, 0.25) is 11.8 Å². The fraction of sp³-hybridized carbons (Fsp3) is 0.619. The molecule has 29 heavy (non-hydrogen) atoms. The number of ketones is 1. The zero-order chi connectivity index (χ0) is 20.5. The number of thiazole rings is 1. The molecule has 8 heteroatoms. The lowest BCUT2D eigenvalue weighted by atomic mass is 9.76. The maximum atomic E-state index is 13.4. The smallest absolute Gasteiger partial charge is 0.229 e. The van der Waals surface area contributed by atoms with E-state index in [2.05, 4.69) is 4.98 Å². The number of rotatable bonds is 3. The average molecular weight is 416 g/mol. The van der Waals surface area contributed by atoms with Gasteiger partial charge in [0.1, 0.15) is 5.60 Å². The molecule has 0 saturated carbocycles. The highest BCUT2D eigenvalue weighted by molar-refractivity contribution is 7.13. The molecule has 7 nitrogen and oxygen atoms in total. The number of likely N-dealkylation sites (N-methyl/N-ethyl adjacent to an activating group) is 1. The van der Waals surface area contributed by atoms with Crippen LogP contribution in [0.5, 0.6) is 0 Å². The third-order valence-corrected chi connectivity index (χ3v) is 8.28. The van der Waals surface area contributed by atoms with Gasteiger partial charge in [0, 0.05) is 33.0 Å². The highest BCUT2D eigenvalue weighted by atomic mass is 32.1. The first-order chi connectivity index (χ1) is 13.8. The molecule has 1 spiro atoms. The van der Waals surface area contributed by atoms with Crippen molar-refractivity contribution in [2.75, 3.05) is 26.7 Å². The molecule has 1 aromatic heterocycles. The van der Waals surface area contributed by atoms with Gasteiger partial charge in [0.15, 0.2) is 5.78 Å². The second kappa shape index (κ2) is 6.47. The van der Waals surface area contributed by atoms with E-state index < -0.39 is 17.4 Å². The minimum Gasteiger partial charge on any atom is -0.360 e. The highest BCUT2D eigenvalue weighted by Crippen LogP contribution is 2.52. The van der Waals surface area contributed by atoms with Crippen molar-refractivity contribution >= 4 is 28.9 Å². The van der Waals surface area contributed by atoms with Crippen molar-refractivity contribution < 1.29 is 19.1 Å². The fourth-order valence-electron chi connectivity index (χ4n) is 5.45. The summed E-state index contributed by atoms with van der Waals surface area (Å²) in [5.74, 6) is -0.429. The van der Waals surface area contributed by atoms with Crippen molar-refractivity contribution in [3.63, 3.8) is 0 Å². The monoisotopic (exact) mass is 415 g/mol. The third-order valence-electron chi connectivity index (χ3n) is 6.86. The van der Waals surface area contributed by atoms with Crippen LogP contribution in [0, 0.1) is 18.8 Å². The Bertz CT molecular complexity index is 932. The Balaban J connectivity index is 1.29. The molecule has 2 amide bonds. The van der Waals surface area contributed by atoms with Crippen molar-refractivity contribution in [1.82, 2.24) is 14.8 Å². The van der Waals surface area contributed by atoms with Gasteiger partial charge in [-0.2, -0.15) is 0 Å². The van der Waals surface area contributed by atoms with Crippen molar-refractivity contribution in [3.05, 3.63) is 27.7 Å². The molecule has 1 aromatic rings. The van der Waals surface area contributed by atoms with Gasteiger partial charge in [-0.25, -0.2) is 4.98 Å². The standard InChI is InChI=1S/C21H25N3O4S/c1-11-17(12(2)25)29-18(22-11)13-5-8-24(9-6-13)19(26)15-14-4-7-21(28-14)10-23(3)20(27)16(15)21/h4,7,13-16H,5-6,8-10H2,1-3H3/t14-,15-,16+,21-/m1/s1. The lowest BCUT2D eigenvalue weighted by Gasteiger charge is -2.35. The average Bonchev–Trinajstić information content (AvgIpc) is 3.42. The highest BCUT2D eigenvalue weighted by Gasteiger charge is 2.66. The van der Waals surface area contributed by atoms with E-state index in [9.17, 15) is 14.4 Å². The van der Waals surface area contributed by atoms with Crippen molar-refractivity contribution in [1.29, 1.82) is 0 Å². The summed E-state index contributed by atoms with van der Waals surface area (Å²) in [5, 5.41) is 0.998.